The third-order valence-electron chi connectivity index (χ3n) is 4.56. The zero-order valence-electron chi connectivity index (χ0n) is 17.0. The number of carbonyl (C=O) groups excluding carboxylic acids is 1. The maximum atomic E-state index is 12.5. The van der Waals surface area contributed by atoms with Crippen LogP contribution in [0.15, 0.2) is 53.4 Å². The number of aliphatic carboxylic acids is 1. The normalized spacial score (nSPS) is 15.7. The van der Waals surface area contributed by atoms with Crippen molar-refractivity contribution in [3.63, 3.8) is 0 Å². The summed E-state index contributed by atoms with van der Waals surface area (Å²) in [4.78, 5) is 25.0. The van der Waals surface area contributed by atoms with E-state index in [0.29, 0.717) is 15.0 Å². The molecule has 0 radical (unpaired) electrons. The Morgan fingerprint density at radius 1 is 1.10 bits per heavy atom. The van der Waals surface area contributed by atoms with Gasteiger partial charge in [-0.25, -0.2) is 0 Å². The second-order valence-corrected chi connectivity index (χ2v) is 9.60. The van der Waals surface area contributed by atoms with E-state index in [1.165, 1.54) is 22.2 Å². The van der Waals surface area contributed by atoms with Gasteiger partial charge in [-0.05, 0) is 46.9 Å². The smallest absolute Gasteiger partial charge is 0.305 e. The topological polar surface area (TPSA) is 66.8 Å². The van der Waals surface area contributed by atoms with E-state index in [4.69, 9.17) is 22.1 Å². The van der Waals surface area contributed by atoms with Crippen LogP contribution in [0.25, 0.3) is 6.08 Å². The monoisotopic (exact) mass is 441 g/mol. The Bertz CT molecular complexity index is 989. The van der Waals surface area contributed by atoms with Gasteiger partial charge >= 0.3 is 5.97 Å². The van der Waals surface area contributed by atoms with Crippen molar-refractivity contribution < 1.29 is 19.4 Å². The van der Waals surface area contributed by atoms with Crippen molar-refractivity contribution in [3.8, 4) is 11.5 Å². The summed E-state index contributed by atoms with van der Waals surface area (Å²) in [5, 5.41) is 8.81. The molecule has 3 rings (SSSR count). The first kappa shape index (κ1) is 22.1. The van der Waals surface area contributed by atoms with Gasteiger partial charge in [0.05, 0.1) is 11.3 Å². The predicted octanol–water partition coefficient (Wildman–Crippen LogP) is 5.45. The Labute approximate surface area is 185 Å². The highest BCUT2D eigenvalue weighted by Gasteiger charge is 2.32. The van der Waals surface area contributed by atoms with Crippen LogP contribution >= 0.6 is 24.0 Å². The summed E-state index contributed by atoms with van der Waals surface area (Å²) < 4.78 is 6.28. The van der Waals surface area contributed by atoms with Crippen LogP contribution in [0, 0.1) is 0 Å². The summed E-state index contributed by atoms with van der Waals surface area (Å²) in [6.45, 7) is 6.59. The Hall–Kier alpha value is -2.64. The fourth-order valence-corrected chi connectivity index (χ4v) is 4.15. The quantitative estimate of drug-likeness (QED) is 0.475. The number of rotatable bonds is 6. The number of hydrogen-bond donors (Lipinski definition) is 1. The fraction of sp³-hybridized carbons (Fsp3) is 0.261. The second-order valence-electron chi connectivity index (χ2n) is 7.92. The lowest BCUT2D eigenvalue weighted by Gasteiger charge is -2.19. The number of ether oxygens (including phenoxy) is 1. The molecule has 0 aromatic heterocycles. The van der Waals surface area contributed by atoms with Crippen molar-refractivity contribution in [1.29, 1.82) is 0 Å². The van der Waals surface area contributed by atoms with Crippen LogP contribution in [0.3, 0.4) is 0 Å². The van der Waals surface area contributed by atoms with E-state index in [9.17, 15) is 9.59 Å². The number of benzene rings is 2. The molecule has 1 saturated heterocycles. The molecule has 1 N–H and O–H groups in total. The van der Waals surface area contributed by atoms with Gasteiger partial charge in [-0.15, -0.1) is 0 Å². The molecule has 1 amide bonds. The van der Waals surface area contributed by atoms with E-state index >= 15 is 0 Å². The second kappa shape index (κ2) is 9.02. The molecule has 1 aliphatic rings. The van der Waals surface area contributed by atoms with Gasteiger partial charge in [0.1, 0.15) is 15.8 Å². The van der Waals surface area contributed by atoms with E-state index in [-0.39, 0.29) is 24.3 Å². The van der Waals surface area contributed by atoms with Crippen molar-refractivity contribution >= 4 is 46.3 Å². The molecule has 0 unspecified atom stereocenters. The predicted molar refractivity (Wildman–Crippen MR) is 124 cm³/mol. The van der Waals surface area contributed by atoms with Gasteiger partial charge in [0.25, 0.3) is 5.91 Å². The summed E-state index contributed by atoms with van der Waals surface area (Å²) in [5.74, 6) is 0.238. The van der Waals surface area contributed by atoms with Crippen LogP contribution in [0.2, 0.25) is 0 Å². The van der Waals surface area contributed by atoms with Gasteiger partial charge in [-0.3, -0.25) is 14.5 Å². The van der Waals surface area contributed by atoms with Crippen molar-refractivity contribution in [1.82, 2.24) is 4.90 Å². The van der Waals surface area contributed by atoms with E-state index in [1.807, 2.05) is 36.4 Å². The molecule has 2 aromatic carbocycles. The summed E-state index contributed by atoms with van der Waals surface area (Å²) in [7, 11) is 0. The lowest BCUT2D eigenvalue weighted by Crippen LogP contribution is -2.30. The molecule has 0 aliphatic carbocycles. The molecule has 1 fully saturated rings. The number of amides is 1. The van der Waals surface area contributed by atoms with Crippen LogP contribution in [-0.2, 0) is 15.0 Å². The number of hydrogen-bond acceptors (Lipinski definition) is 5. The fourth-order valence-electron chi connectivity index (χ4n) is 2.84. The van der Waals surface area contributed by atoms with Crippen molar-refractivity contribution in [2.24, 2.45) is 0 Å². The van der Waals surface area contributed by atoms with Gasteiger partial charge in [-0.1, -0.05) is 69.0 Å². The molecular weight excluding hydrogens is 418 g/mol. The highest BCUT2D eigenvalue weighted by atomic mass is 32.2. The number of carboxylic acid groups (broad SMARTS) is 1. The number of nitrogens with zero attached hydrogens (tertiary/aromatic N) is 1. The zero-order chi connectivity index (χ0) is 21.9. The van der Waals surface area contributed by atoms with Gasteiger partial charge in [0.15, 0.2) is 0 Å². The van der Waals surface area contributed by atoms with Crippen molar-refractivity contribution in [2.75, 3.05) is 6.54 Å². The number of carbonyl (C=O) groups is 2. The minimum absolute atomic E-state index is 0.0815. The number of carboxylic acids is 1. The first-order valence-electron chi connectivity index (χ1n) is 9.49. The summed E-state index contributed by atoms with van der Waals surface area (Å²) in [6.07, 6.45) is 1.62. The maximum Gasteiger partial charge on any atom is 0.305 e. The van der Waals surface area contributed by atoms with Crippen LogP contribution in [-0.4, -0.2) is 32.7 Å². The Morgan fingerprint density at radius 2 is 1.67 bits per heavy atom. The minimum atomic E-state index is -0.961. The average molecular weight is 442 g/mol. The van der Waals surface area contributed by atoms with Crippen molar-refractivity contribution in [3.05, 3.63) is 64.6 Å². The van der Waals surface area contributed by atoms with Gasteiger partial charge < -0.3 is 9.84 Å². The van der Waals surface area contributed by atoms with Gasteiger partial charge in [0, 0.05) is 6.54 Å². The standard InChI is InChI=1S/C23H23NO4S2/c1-23(2,3)16-6-10-18(11-7-16)28-17-8-4-15(5-9-17)14-19-21(27)24(22(29)30-19)13-12-20(25)26/h4-11,14H,12-13H2,1-3H3,(H,25,26). The van der Waals surface area contributed by atoms with E-state index < -0.39 is 5.97 Å². The maximum absolute atomic E-state index is 12.5. The molecule has 156 valence electrons. The lowest BCUT2D eigenvalue weighted by atomic mass is 9.87. The van der Waals surface area contributed by atoms with Gasteiger partial charge in [-0.2, -0.15) is 0 Å². The lowest BCUT2D eigenvalue weighted by molar-refractivity contribution is -0.137. The molecule has 1 heterocycles. The zero-order valence-corrected chi connectivity index (χ0v) is 18.7. The molecule has 0 spiro atoms. The van der Waals surface area contributed by atoms with E-state index in [2.05, 4.69) is 32.9 Å². The molecule has 0 atom stereocenters. The SMILES string of the molecule is CC(C)(C)c1ccc(Oc2ccc(C=C3SC(=S)N(CCC(=O)O)C3=O)cc2)cc1. The molecule has 5 nitrogen and oxygen atoms in total. The number of thiocarbonyl (C=S) groups is 1. The summed E-state index contributed by atoms with van der Waals surface area (Å²) >= 11 is 6.39. The van der Waals surface area contributed by atoms with Crippen molar-refractivity contribution in [2.45, 2.75) is 32.6 Å². The first-order chi connectivity index (χ1) is 14.1. The molecule has 2 aromatic rings. The Morgan fingerprint density at radius 3 is 2.20 bits per heavy atom. The van der Waals surface area contributed by atoms with E-state index in [0.717, 1.165) is 11.3 Å². The summed E-state index contributed by atoms with van der Waals surface area (Å²) in [6, 6.07) is 15.5. The highest BCUT2D eigenvalue weighted by molar-refractivity contribution is 8.26. The highest BCUT2D eigenvalue weighted by Crippen LogP contribution is 2.33. The van der Waals surface area contributed by atoms with E-state index in [1.54, 1.807) is 6.08 Å². The Balaban J connectivity index is 1.66. The molecule has 0 bridgehead atoms. The third kappa shape index (κ3) is 5.49. The van der Waals surface area contributed by atoms with Crippen LogP contribution in [0.5, 0.6) is 11.5 Å². The molecule has 1 aliphatic heterocycles. The third-order valence-corrected chi connectivity index (χ3v) is 5.93. The Kier molecular flexibility index (Phi) is 6.63. The first-order valence-corrected chi connectivity index (χ1v) is 10.7. The molecular formula is C23H23NO4S2. The molecule has 0 saturated carbocycles. The van der Waals surface area contributed by atoms with Crippen LogP contribution in [0.4, 0.5) is 0 Å². The molecule has 30 heavy (non-hydrogen) atoms. The van der Waals surface area contributed by atoms with Crippen LogP contribution < -0.4 is 4.74 Å². The van der Waals surface area contributed by atoms with Crippen LogP contribution in [0.1, 0.15) is 38.3 Å². The summed E-state index contributed by atoms with van der Waals surface area (Å²) in [5.41, 5.74) is 2.17. The minimum Gasteiger partial charge on any atom is -0.481 e. The largest absolute Gasteiger partial charge is 0.481 e. The average Bonchev–Trinajstić information content (AvgIpc) is 2.94. The van der Waals surface area contributed by atoms with Gasteiger partial charge in [0.2, 0.25) is 0 Å². The molecule has 7 heteroatoms. The number of thioether (sulfide) groups is 1.